The van der Waals surface area contributed by atoms with E-state index in [2.05, 4.69) is 26.6 Å². The Bertz CT molecular complexity index is 808. The van der Waals surface area contributed by atoms with E-state index in [1.165, 1.54) is 7.11 Å². The second-order valence-corrected chi connectivity index (χ2v) is 6.38. The molecule has 0 heterocycles. The first-order valence-corrected chi connectivity index (χ1v) is 8.91. The Morgan fingerprint density at radius 3 is 2.33 bits per heavy atom. The van der Waals surface area contributed by atoms with E-state index in [4.69, 9.17) is 9.47 Å². The summed E-state index contributed by atoms with van der Waals surface area (Å²) in [6.07, 6.45) is -0.159. The van der Waals surface area contributed by atoms with E-state index in [9.17, 15) is 14.4 Å². The summed E-state index contributed by atoms with van der Waals surface area (Å²) in [5.41, 5.74) is 1.11. The number of halogens is 1. The van der Waals surface area contributed by atoms with Crippen LogP contribution in [0.3, 0.4) is 0 Å². The molecule has 2 amide bonds. The Labute approximate surface area is 165 Å². The molecule has 0 saturated carbocycles. The quantitative estimate of drug-likeness (QED) is 0.621. The summed E-state index contributed by atoms with van der Waals surface area (Å²) in [5, 5.41) is 5.27. The molecule has 2 aromatic rings. The van der Waals surface area contributed by atoms with Crippen molar-refractivity contribution in [2.24, 2.45) is 0 Å². The van der Waals surface area contributed by atoms with Gasteiger partial charge in [-0.05, 0) is 36.4 Å². The minimum atomic E-state index is -0.629. The Balaban J connectivity index is 1.70. The van der Waals surface area contributed by atoms with Gasteiger partial charge in [0.1, 0.15) is 5.75 Å². The molecule has 0 aliphatic carbocycles. The number of ether oxygens (including phenoxy) is 2. The van der Waals surface area contributed by atoms with Crippen LogP contribution in [0.1, 0.15) is 12.8 Å². The van der Waals surface area contributed by atoms with Gasteiger partial charge in [0.15, 0.2) is 6.61 Å². The van der Waals surface area contributed by atoms with Crippen molar-refractivity contribution < 1.29 is 23.9 Å². The summed E-state index contributed by atoms with van der Waals surface area (Å²) < 4.78 is 10.9. The monoisotopic (exact) mass is 434 g/mol. The van der Waals surface area contributed by atoms with Gasteiger partial charge in [0.05, 0.1) is 19.2 Å². The molecule has 0 radical (unpaired) electrons. The lowest BCUT2D eigenvalue weighted by atomic mass is 10.2. The molecule has 8 heteroatoms. The molecule has 7 nitrogen and oxygen atoms in total. The summed E-state index contributed by atoms with van der Waals surface area (Å²) in [6.45, 7) is -0.439. The van der Waals surface area contributed by atoms with Gasteiger partial charge in [-0.25, -0.2) is 0 Å². The van der Waals surface area contributed by atoms with Crippen molar-refractivity contribution in [1.29, 1.82) is 0 Å². The number of hydrogen-bond acceptors (Lipinski definition) is 5. The highest BCUT2D eigenvalue weighted by atomic mass is 79.9. The predicted octanol–water partition coefficient (Wildman–Crippen LogP) is 3.36. The fourth-order valence-corrected chi connectivity index (χ4v) is 2.39. The molecule has 0 aliphatic rings. The summed E-state index contributed by atoms with van der Waals surface area (Å²) in [5.74, 6) is -0.933. The minimum Gasteiger partial charge on any atom is -0.495 e. The summed E-state index contributed by atoms with van der Waals surface area (Å²) >= 11 is 3.31. The van der Waals surface area contributed by atoms with Crippen molar-refractivity contribution in [2.45, 2.75) is 12.8 Å². The lowest BCUT2D eigenvalue weighted by molar-refractivity contribution is -0.147. The number of hydrogen-bond donors (Lipinski definition) is 2. The van der Waals surface area contributed by atoms with Crippen LogP contribution >= 0.6 is 15.9 Å². The van der Waals surface area contributed by atoms with Crippen molar-refractivity contribution in [3.8, 4) is 5.75 Å². The molecule has 0 saturated heterocycles. The van der Waals surface area contributed by atoms with Crippen LogP contribution in [0.4, 0.5) is 11.4 Å². The maximum Gasteiger partial charge on any atom is 0.306 e. The molecule has 0 spiro atoms. The highest BCUT2D eigenvalue weighted by Crippen LogP contribution is 2.22. The van der Waals surface area contributed by atoms with Crippen LogP contribution in [0.25, 0.3) is 0 Å². The second-order valence-electron chi connectivity index (χ2n) is 5.46. The Hall–Kier alpha value is -2.87. The number of methoxy groups -OCH3 is 1. The fraction of sp³-hybridized carbons (Fsp3) is 0.211. The van der Waals surface area contributed by atoms with E-state index < -0.39 is 18.5 Å². The van der Waals surface area contributed by atoms with E-state index in [0.29, 0.717) is 17.1 Å². The van der Waals surface area contributed by atoms with Crippen molar-refractivity contribution in [2.75, 3.05) is 24.4 Å². The molecule has 2 rings (SSSR count). The van der Waals surface area contributed by atoms with Gasteiger partial charge in [0, 0.05) is 16.6 Å². The first kappa shape index (κ1) is 20.4. The molecule has 2 aromatic carbocycles. The zero-order valence-corrected chi connectivity index (χ0v) is 16.2. The largest absolute Gasteiger partial charge is 0.495 e. The summed E-state index contributed by atoms with van der Waals surface area (Å²) in [4.78, 5) is 35.4. The third kappa shape index (κ3) is 7.10. The number of rotatable bonds is 8. The van der Waals surface area contributed by atoms with Crippen LogP contribution in [0.2, 0.25) is 0 Å². The van der Waals surface area contributed by atoms with E-state index >= 15 is 0 Å². The third-order valence-electron chi connectivity index (χ3n) is 3.43. The van der Waals surface area contributed by atoms with Crippen LogP contribution in [-0.4, -0.2) is 31.5 Å². The van der Waals surface area contributed by atoms with E-state index in [-0.39, 0.29) is 18.7 Å². The van der Waals surface area contributed by atoms with Gasteiger partial charge in [-0.1, -0.05) is 28.1 Å². The minimum absolute atomic E-state index is 0.0387. The topological polar surface area (TPSA) is 93.7 Å². The lowest BCUT2D eigenvalue weighted by Crippen LogP contribution is -2.22. The zero-order valence-electron chi connectivity index (χ0n) is 14.7. The number of esters is 1. The molecular formula is C19H19BrN2O5. The van der Waals surface area contributed by atoms with Gasteiger partial charge in [-0.2, -0.15) is 0 Å². The van der Waals surface area contributed by atoms with Crippen LogP contribution in [0.15, 0.2) is 53.0 Å². The van der Waals surface area contributed by atoms with Crippen LogP contribution < -0.4 is 15.4 Å². The average Bonchev–Trinajstić information content (AvgIpc) is 2.67. The molecule has 2 N–H and O–H groups in total. The number of nitrogens with one attached hydrogen (secondary N) is 2. The Kier molecular flexibility index (Phi) is 7.81. The molecule has 0 atom stereocenters. The summed E-state index contributed by atoms with van der Waals surface area (Å²) in [7, 11) is 1.49. The molecule has 0 bridgehead atoms. The van der Waals surface area contributed by atoms with Crippen LogP contribution in [0, 0.1) is 0 Å². The fourth-order valence-electron chi connectivity index (χ4n) is 2.12. The number of benzene rings is 2. The lowest BCUT2D eigenvalue weighted by Gasteiger charge is -2.10. The number of amides is 2. The van der Waals surface area contributed by atoms with Gasteiger partial charge in [0.2, 0.25) is 5.91 Å². The normalized spacial score (nSPS) is 10.0. The first-order valence-electron chi connectivity index (χ1n) is 8.12. The third-order valence-corrected chi connectivity index (χ3v) is 3.96. The number of carbonyl (C=O) groups excluding carboxylic acids is 3. The van der Waals surface area contributed by atoms with Crippen molar-refractivity contribution in [1.82, 2.24) is 0 Å². The van der Waals surface area contributed by atoms with Gasteiger partial charge >= 0.3 is 5.97 Å². The maximum absolute atomic E-state index is 11.9. The van der Waals surface area contributed by atoms with E-state index in [1.54, 1.807) is 48.5 Å². The molecule has 27 heavy (non-hydrogen) atoms. The van der Waals surface area contributed by atoms with Crippen LogP contribution in [0.5, 0.6) is 5.75 Å². The van der Waals surface area contributed by atoms with Gasteiger partial charge < -0.3 is 20.1 Å². The van der Waals surface area contributed by atoms with Gasteiger partial charge in [0.25, 0.3) is 5.91 Å². The molecule has 0 aromatic heterocycles. The Morgan fingerprint density at radius 2 is 1.63 bits per heavy atom. The molecule has 0 unspecified atom stereocenters. The highest BCUT2D eigenvalue weighted by molar-refractivity contribution is 9.10. The summed E-state index contributed by atoms with van der Waals surface area (Å²) in [6, 6.07) is 14.0. The Morgan fingerprint density at radius 1 is 0.926 bits per heavy atom. The number of para-hydroxylation sites is 2. The highest BCUT2D eigenvalue weighted by Gasteiger charge is 2.12. The molecule has 0 aliphatic heterocycles. The predicted molar refractivity (Wildman–Crippen MR) is 105 cm³/mol. The van der Waals surface area contributed by atoms with Gasteiger partial charge in [-0.3, -0.25) is 14.4 Å². The zero-order chi connectivity index (χ0) is 19.6. The standard InChI is InChI=1S/C19H19BrN2O5/c1-26-16-5-3-2-4-15(16)22-18(24)12-27-19(25)11-10-17(23)21-14-8-6-13(20)7-9-14/h2-9H,10-12H2,1H3,(H,21,23)(H,22,24). The molecule has 0 fully saturated rings. The van der Waals surface area contributed by atoms with E-state index in [1.807, 2.05) is 0 Å². The van der Waals surface area contributed by atoms with Crippen LogP contribution in [-0.2, 0) is 19.1 Å². The van der Waals surface area contributed by atoms with Gasteiger partial charge in [-0.15, -0.1) is 0 Å². The van der Waals surface area contributed by atoms with Crippen molar-refractivity contribution in [3.05, 3.63) is 53.0 Å². The van der Waals surface area contributed by atoms with Crippen molar-refractivity contribution >= 4 is 45.1 Å². The molecular weight excluding hydrogens is 416 g/mol. The van der Waals surface area contributed by atoms with E-state index in [0.717, 1.165) is 4.47 Å². The maximum atomic E-state index is 11.9. The first-order chi connectivity index (χ1) is 13.0. The second kappa shape index (κ2) is 10.3. The van der Waals surface area contributed by atoms with Crippen molar-refractivity contribution in [3.63, 3.8) is 0 Å². The average molecular weight is 435 g/mol. The number of carbonyl (C=O) groups is 3. The SMILES string of the molecule is COc1ccccc1NC(=O)COC(=O)CCC(=O)Nc1ccc(Br)cc1. The molecule has 142 valence electrons. The number of anilines is 2. The smallest absolute Gasteiger partial charge is 0.306 e.